The van der Waals surface area contributed by atoms with E-state index in [-0.39, 0.29) is 29.4 Å². The lowest BCUT2D eigenvalue weighted by Gasteiger charge is -2.59. The average Bonchev–Trinajstić information content (AvgIpc) is 2.73. The van der Waals surface area contributed by atoms with E-state index in [4.69, 9.17) is 9.47 Å². The Labute approximate surface area is 197 Å². The number of hydrogen-bond acceptors (Lipinski definition) is 6. The Morgan fingerprint density at radius 2 is 1.48 bits per heavy atom. The summed E-state index contributed by atoms with van der Waals surface area (Å²) in [6.07, 6.45) is 4.49. The topological polar surface area (TPSA) is 88.2 Å². The van der Waals surface area contributed by atoms with E-state index in [1.807, 2.05) is 34.6 Å². The molecule has 0 aromatic carbocycles. The minimum Gasteiger partial charge on any atom is -0.469 e. The maximum Gasteiger partial charge on any atom is 0.410 e. The Balaban J connectivity index is 1.35. The molecule has 0 aromatic heterocycles. The number of methoxy groups -OCH3 is 1. The van der Waals surface area contributed by atoms with Crippen LogP contribution in [-0.4, -0.2) is 78.2 Å². The molecule has 1 heterocycles. The van der Waals surface area contributed by atoms with Crippen molar-refractivity contribution in [1.29, 1.82) is 0 Å². The molecular formula is C25H41N3O5. The molecule has 0 spiro atoms. The molecule has 1 aliphatic heterocycles. The van der Waals surface area contributed by atoms with Gasteiger partial charge < -0.3 is 19.7 Å². The van der Waals surface area contributed by atoms with Gasteiger partial charge >= 0.3 is 12.1 Å². The maximum atomic E-state index is 13.5. The highest BCUT2D eigenvalue weighted by Gasteiger charge is 2.59. The molecule has 8 heteroatoms. The fourth-order valence-corrected chi connectivity index (χ4v) is 6.97. The van der Waals surface area contributed by atoms with Crippen LogP contribution < -0.4 is 5.32 Å². The molecule has 1 saturated heterocycles. The average molecular weight is 464 g/mol. The zero-order chi connectivity index (χ0) is 24.2. The van der Waals surface area contributed by atoms with E-state index < -0.39 is 11.1 Å². The van der Waals surface area contributed by atoms with Crippen molar-refractivity contribution >= 4 is 18.0 Å². The van der Waals surface area contributed by atoms with Crippen LogP contribution in [0.4, 0.5) is 4.79 Å². The maximum absolute atomic E-state index is 13.5. The lowest BCUT2D eigenvalue weighted by molar-refractivity contribution is -0.171. The Bertz CT molecular complexity index is 780. The summed E-state index contributed by atoms with van der Waals surface area (Å²) in [6.45, 7) is 11.9. The minimum absolute atomic E-state index is 0.0396. The molecule has 1 N–H and O–H groups in total. The minimum atomic E-state index is -0.672. The number of esters is 1. The first-order valence-electron chi connectivity index (χ1n) is 12.5. The van der Waals surface area contributed by atoms with Crippen LogP contribution >= 0.6 is 0 Å². The second-order valence-electron chi connectivity index (χ2n) is 12.3. The summed E-state index contributed by atoms with van der Waals surface area (Å²) in [7, 11) is 1.49. The van der Waals surface area contributed by atoms with E-state index in [0.29, 0.717) is 43.9 Å². The monoisotopic (exact) mass is 463 g/mol. The molecule has 8 nitrogen and oxygen atoms in total. The van der Waals surface area contributed by atoms with E-state index in [1.165, 1.54) is 7.11 Å². The third-order valence-electron chi connectivity index (χ3n) is 8.47. The van der Waals surface area contributed by atoms with Crippen molar-refractivity contribution in [2.75, 3.05) is 33.3 Å². The Hall–Kier alpha value is -1.83. The van der Waals surface area contributed by atoms with Crippen molar-refractivity contribution in [2.45, 2.75) is 83.9 Å². The molecule has 5 fully saturated rings. The predicted octanol–water partition coefficient (Wildman–Crippen LogP) is 2.80. The number of hydrogen-bond donors (Lipinski definition) is 1. The van der Waals surface area contributed by atoms with Crippen molar-refractivity contribution in [3.63, 3.8) is 0 Å². The Morgan fingerprint density at radius 1 is 0.909 bits per heavy atom. The largest absolute Gasteiger partial charge is 0.469 e. The van der Waals surface area contributed by atoms with Gasteiger partial charge in [-0.15, -0.1) is 0 Å². The number of nitrogens with one attached hydrogen (secondary N) is 1. The highest BCUT2D eigenvalue weighted by atomic mass is 16.6. The van der Waals surface area contributed by atoms with Crippen LogP contribution in [0.5, 0.6) is 0 Å². The molecular weight excluding hydrogens is 422 g/mol. The van der Waals surface area contributed by atoms with Gasteiger partial charge in [-0.1, -0.05) is 0 Å². The molecule has 2 unspecified atom stereocenters. The number of amides is 2. The lowest BCUT2D eigenvalue weighted by Crippen LogP contribution is -2.66. The smallest absolute Gasteiger partial charge is 0.410 e. The van der Waals surface area contributed by atoms with Crippen LogP contribution in [0.3, 0.4) is 0 Å². The number of piperazine rings is 1. The van der Waals surface area contributed by atoms with Gasteiger partial charge in [0.25, 0.3) is 0 Å². The first kappa shape index (κ1) is 24.3. The van der Waals surface area contributed by atoms with Crippen LogP contribution in [0.25, 0.3) is 0 Å². The van der Waals surface area contributed by atoms with Crippen molar-refractivity contribution in [2.24, 2.45) is 23.2 Å². The Morgan fingerprint density at radius 3 is 2.00 bits per heavy atom. The highest BCUT2D eigenvalue weighted by Crippen LogP contribution is 2.60. The zero-order valence-electron chi connectivity index (χ0n) is 21.1. The summed E-state index contributed by atoms with van der Waals surface area (Å²) in [5.74, 6) is 1.24. The zero-order valence-corrected chi connectivity index (χ0v) is 21.1. The number of carbonyl (C=O) groups is 3. The summed E-state index contributed by atoms with van der Waals surface area (Å²) >= 11 is 0. The SMILES string of the molecule is COC(=O)C12CC3CC(C1)C(NC(=O)C(C)(C)N1CCN(C(=O)OC(C)(C)C)CC1)C(C3)C2. The molecule has 4 aliphatic carbocycles. The first-order chi connectivity index (χ1) is 15.3. The van der Waals surface area contributed by atoms with E-state index in [2.05, 4.69) is 10.2 Å². The molecule has 0 aromatic rings. The van der Waals surface area contributed by atoms with E-state index in [0.717, 1.165) is 32.1 Å². The summed E-state index contributed by atoms with van der Waals surface area (Å²) in [6, 6.07) is 0.133. The molecule has 5 rings (SSSR count). The number of rotatable bonds is 4. The van der Waals surface area contributed by atoms with Gasteiger partial charge in [0.05, 0.1) is 18.1 Å². The van der Waals surface area contributed by atoms with Gasteiger partial charge in [0, 0.05) is 32.2 Å². The first-order valence-corrected chi connectivity index (χ1v) is 12.5. The summed E-state index contributed by atoms with van der Waals surface area (Å²) in [4.78, 5) is 42.3. The van der Waals surface area contributed by atoms with E-state index >= 15 is 0 Å². The third-order valence-corrected chi connectivity index (χ3v) is 8.47. The number of carbonyl (C=O) groups excluding carboxylic acids is 3. The van der Waals surface area contributed by atoms with Crippen molar-refractivity contribution in [3.05, 3.63) is 0 Å². The van der Waals surface area contributed by atoms with Gasteiger partial charge in [-0.2, -0.15) is 0 Å². The van der Waals surface area contributed by atoms with Crippen LogP contribution in [0.15, 0.2) is 0 Å². The van der Waals surface area contributed by atoms with Gasteiger partial charge in [-0.25, -0.2) is 4.79 Å². The number of ether oxygens (including phenoxy) is 2. The molecule has 186 valence electrons. The quantitative estimate of drug-likeness (QED) is 0.645. The standard InChI is InChI=1S/C25H41N3O5/c1-23(2,3)33-22(31)27-7-9-28(10-8-27)24(4,5)20(29)26-19-17-11-16-12-18(19)15-25(13-16,14-17)21(30)32-6/h16-19H,7-15H2,1-6H3,(H,26,29). The predicted molar refractivity (Wildman–Crippen MR) is 123 cm³/mol. The fourth-order valence-electron chi connectivity index (χ4n) is 6.97. The third kappa shape index (κ3) is 4.60. The van der Waals surface area contributed by atoms with Crippen molar-refractivity contribution in [3.8, 4) is 0 Å². The normalized spacial score (nSPS) is 34.2. The van der Waals surface area contributed by atoms with Crippen LogP contribution in [0, 0.1) is 23.2 Å². The van der Waals surface area contributed by atoms with Crippen molar-refractivity contribution < 1.29 is 23.9 Å². The van der Waals surface area contributed by atoms with Gasteiger partial charge in [0.2, 0.25) is 5.91 Å². The van der Waals surface area contributed by atoms with Gasteiger partial charge in [-0.3, -0.25) is 14.5 Å². The van der Waals surface area contributed by atoms with E-state index in [9.17, 15) is 14.4 Å². The molecule has 2 amide bonds. The molecule has 5 aliphatic rings. The second kappa shape index (κ2) is 8.43. The molecule has 0 radical (unpaired) electrons. The van der Waals surface area contributed by atoms with Crippen molar-refractivity contribution in [1.82, 2.24) is 15.1 Å². The molecule has 2 atom stereocenters. The van der Waals surface area contributed by atoms with E-state index in [1.54, 1.807) is 4.90 Å². The molecule has 4 saturated carbocycles. The van der Waals surface area contributed by atoms with Gasteiger partial charge in [0.15, 0.2) is 0 Å². The fraction of sp³-hybridized carbons (Fsp3) is 0.880. The highest BCUT2D eigenvalue weighted by molar-refractivity contribution is 5.86. The van der Waals surface area contributed by atoms with Crippen LogP contribution in [0.2, 0.25) is 0 Å². The molecule has 33 heavy (non-hydrogen) atoms. The Kier molecular flexibility index (Phi) is 6.21. The van der Waals surface area contributed by atoms with Crippen LogP contribution in [-0.2, 0) is 19.1 Å². The second-order valence-corrected chi connectivity index (χ2v) is 12.3. The lowest BCUT2D eigenvalue weighted by atomic mass is 9.48. The van der Waals surface area contributed by atoms with Gasteiger partial charge in [-0.05, 0) is 84.5 Å². The summed E-state index contributed by atoms with van der Waals surface area (Å²) in [5, 5.41) is 3.40. The summed E-state index contributed by atoms with van der Waals surface area (Å²) in [5.41, 5.74) is -1.52. The number of nitrogens with zero attached hydrogens (tertiary/aromatic N) is 2. The van der Waals surface area contributed by atoms with Gasteiger partial charge in [0.1, 0.15) is 5.60 Å². The van der Waals surface area contributed by atoms with Crippen LogP contribution in [0.1, 0.15) is 66.7 Å². The summed E-state index contributed by atoms with van der Waals surface area (Å²) < 4.78 is 10.7. The molecule has 4 bridgehead atoms.